The van der Waals surface area contributed by atoms with Crippen LogP contribution in [0.15, 0.2) is 65.6 Å². The second kappa shape index (κ2) is 10.5. The van der Waals surface area contributed by atoms with Crippen molar-refractivity contribution in [3.05, 3.63) is 60.7 Å². The lowest BCUT2D eigenvalue weighted by Gasteiger charge is -2.11. The van der Waals surface area contributed by atoms with Gasteiger partial charge in [-0.05, 0) is 23.6 Å². The molecule has 0 atom stereocenters. The number of carbonyl (C=O) groups excluding carboxylic acids is 1. The minimum Gasteiger partial charge on any atom is -0.491 e. The highest BCUT2D eigenvalue weighted by atomic mass is 32.2. The fourth-order valence-electron chi connectivity index (χ4n) is 3.45. The van der Waals surface area contributed by atoms with Crippen LogP contribution in [0, 0.1) is 0 Å². The Balaban J connectivity index is 1.21. The molecule has 1 amide bonds. The first-order valence-electron chi connectivity index (χ1n) is 10.8. The number of ether oxygens (including phenoxy) is 3. The molecule has 0 bridgehead atoms. The average molecular weight is 471 g/mol. The lowest BCUT2D eigenvalue weighted by Crippen LogP contribution is -2.32. The van der Waals surface area contributed by atoms with Gasteiger partial charge >= 0.3 is 0 Å². The summed E-state index contributed by atoms with van der Waals surface area (Å²) in [6.07, 6.45) is 0.745. The molecule has 0 fully saturated rings. The van der Waals surface area contributed by atoms with E-state index in [4.69, 9.17) is 14.2 Å². The molecular weight excluding hydrogens is 444 g/mol. The van der Waals surface area contributed by atoms with E-state index < -0.39 is 10.0 Å². The first kappa shape index (κ1) is 22.9. The number of sulfonamides is 1. The molecule has 1 heterocycles. The van der Waals surface area contributed by atoms with Crippen molar-refractivity contribution in [3.8, 4) is 17.2 Å². The number of carbonyl (C=O) groups is 1. The molecule has 0 radical (unpaired) electrons. The second-order valence-electron chi connectivity index (χ2n) is 7.48. The van der Waals surface area contributed by atoms with E-state index in [1.807, 2.05) is 42.5 Å². The fraction of sp³-hybridized carbons (Fsp3) is 0.292. The summed E-state index contributed by atoms with van der Waals surface area (Å²) in [6, 6.07) is 18.2. The highest BCUT2D eigenvalue weighted by Crippen LogP contribution is 2.31. The summed E-state index contributed by atoms with van der Waals surface area (Å²) >= 11 is 0. The largest absolute Gasteiger partial charge is 0.491 e. The van der Waals surface area contributed by atoms with Gasteiger partial charge in [-0.2, -0.15) is 0 Å². The summed E-state index contributed by atoms with van der Waals surface area (Å²) in [5.41, 5.74) is 0. The molecule has 0 saturated heterocycles. The van der Waals surface area contributed by atoms with Crippen LogP contribution in [0.1, 0.15) is 12.8 Å². The first-order valence-corrected chi connectivity index (χ1v) is 12.3. The van der Waals surface area contributed by atoms with Crippen LogP contribution in [0.4, 0.5) is 0 Å². The Morgan fingerprint density at radius 3 is 2.61 bits per heavy atom. The van der Waals surface area contributed by atoms with Crippen LogP contribution in [0.3, 0.4) is 0 Å². The zero-order valence-corrected chi connectivity index (χ0v) is 18.9. The predicted octanol–water partition coefficient (Wildman–Crippen LogP) is 2.86. The minimum atomic E-state index is -3.77. The molecule has 3 aromatic rings. The zero-order valence-electron chi connectivity index (χ0n) is 18.1. The molecule has 8 nitrogen and oxygen atoms in total. The molecule has 2 N–H and O–H groups in total. The van der Waals surface area contributed by atoms with Gasteiger partial charge in [0, 0.05) is 30.8 Å². The molecule has 3 aromatic carbocycles. The molecule has 0 spiro atoms. The molecule has 9 heteroatoms. The van der Waals surface area contributed by atoms with Gasteiger partial charge in [0.05, 0.1) is 24.7 Å². The van der Waals surface area contributed by atoms with Crippen molar-refractivity contribution in [1.82, 2.24) is 10.0 Å². The molecule has 33 heavy (non-hydrogen) atoms. The average Bonchev–Trinajstić information content (AvgIpc) is 3.07. The van der Waals surface area contributed by atoms with E-state index in [2.05, 4.69) is 10.0 Å². The van der Waals surface area contributed by atoms with Crippen LogP contribution < -0.4 is 24.2 Å². The van der Waals surface area contributed by atoms with Crippen LogP contribution in [0.5, 0.6) is 17.2 Å². The summed E-state index contributed by atoms with van der Waals surface area (Å²) in [4.78, 5) is 12.1. The third kappa shape index (κ3) is 5.94. The van der Waals surface area contributed by atoms with Gasteiger partial charge in [0.1, 0.15) is 12.4 Å². The maximum absolute atomic E-state index is 12.6. The zero-order chi connectivity index (χ0) is 23.1. The Labute approximate surface area is 192 Å². The smallest absolute Gasteiger partial charge is 0.240 e. The molecule has 0 aromatic heterocycles. The van der Waals surface area contributed by atoms with Crippen molar-refractivity contribution in [1.29, 1.82) is 0 Å². The molecule has 174 valence electrons. The van der Waals surface area contributed by atoms with E-state index in [1.54, 1.807) is 6.07 Å². The molecular formula is C24H26N2O6S. The number of nitrogens with one attached hydrogen (secondary N) is 2. The van der Waals surface area contributed by atoms with Crippen molar-refractivity contribution in [2.45, 2.75) is 17.7 Å². The number of hydrogen-bond donors (Lipinski definition) is 2. The van der Waals surface area contributed by atoms with Crippen LogP contribution in [-0.2, 0) is 14.8 Å². The Kier molecular flexibility index (Phi) is 7.31. The first-order chi connectivity index (χ1) is 16.0. The molecule has 0 saturated carbocycles. The number of hydrogen-bond acceptors (Lipinski definition) is 6. The van der Waals surface area contributed by atoms with E-state index in [9.17, 15) is 13.2 Å². The lowest BCUT2D eigenvalue weighted by atomic mass is 10.1. The van der Waals surface area contributed by atoms with Crippen molar-refractivity contribution < 1.29 is 27.4 Å². The Morgan fingerprint density at radius 1 is 0.939 bits per heavy atom. The number of amides is 1. The van der Waals surface area contributed by atoms with E-state index >= 15 is 0 Å². The molecule has 0 unspecified atom stereocenters. The van der Waals surface area contributed by atoms with Gasteiger partial charge in [0.2, 0.25) is 15.9 Å². The highest BCUT2D eigenvalue weighted by Gasteiger charge is 2.19. The third-order valence-electron chi connectivity index (χ3n) is 5.10. The maximum Gasteiger partial charge on any atom is 0.240 e. The predicted molar refractivity (Wildman–Crippen MR) is 124 cm³/mol. The van der Waals surface area contributed by atoms with E-state index in [-0.39, 0.29) is 23.8 Å². The molecule has 1 aliphatic rings. The van der Waals surface area contributed by atoms with E-state index in [0.717, 1.165) is 22.9 Å². The summed E-state index contributed by atoms with van der Waals surface area (Å²) in [6.45, 7) is 1.60. The number of rotatable bonds is 9. The summed E-state index contributed by atoms with van der Waals surface area (Å²) in [7, 11) is -3.77. The van der Waals surface area contributed by atoms with Crippen LogP contribution in [0.2, 0.25) is 0 Å². The van der Waals surface area contributed by atoms with Gasteiger partial charge < -0.3 is 19.5 Å². The van der Waals surface area contributed by atoms with Crippen LogP contribution >= 0.6 is 0 Å². The topological polar surface area (TPSA) is 103 Å². The Hall–Kier alpha value is -3.30. The molecule has 1 aliphatic heterocycles. The monoisotopic (exact) mass is 470 g/mol. The SMILES string of the molecule is O=C(CCNS(=O)(=O)c1ccc2c(c1)OCCCO2)NCCOc1cccc2ccccc12. The fourth-order valence-corrected chi connectivity index (χ4v) is 4.50. The van der Waals surface area contributed by atoms with Crippen molar-refractivity contribution in [2.24, 2.45) is 0 Å². The van der Waals surface area contributed by atoms with Gasteiger partial charge in [-0.1, -0.05) is 36.4 Å². The standard InChI is InChI=1S/C24H26N2O6S/c27-24(25-13-16-32-21-8-3-6-18-5-1-2-7-20(18)21)11-12-26-33(28,29)19-9-10-22-23(17-19)31-15-4-14-30-22/h1-3,5-10,17,26H,4,11-16H2,(H,25,27). The van der Waals surface area contributed by atoms with Crippen LogP contribution in [0.25, 0.3) is 10.8 Å². The summed E-state index contributed by atoms with van der Waals surface area (Å²) in [5.74, 6) is 1.42. The third-order valence-corrected chi connectivity index (χ3v) is 6.56. The minimum absolute atomic E-state index is 0.0120. The van der Waals surface area contributed by atoms with Crippen molar-refractivity contribution >= 4 is 26.7 Å². The Morgan fingerprint density at radius 2 is 1.73 bits per heavy atom. The molecule has 4 rings (SSSR count). The lowest BCUT2D eigenvalue weighted by molar-refractivity contribution is -0.121. The number of fused-ring (bicyclic) bond motifs is 2. The Bertz CT molecular complexity index is 1220. The van der Waals surface area contributed by atoms with Crippen molar-refractivity contribution in [3.63, 3.8) is 0 Å². The summed E-state index contributed by atoms with van der Waals surface area (Å²) < 4.78 is 44.4. The highest BCUT2D eigenvalue weighted by molar-refractivity contribution is 7.89. The van der Waals surface area contributed by atoms with E-state index in [1.165, 1.54) is 12.1 Å². The van der Waals surface area contributed by atoms with Crippen molar-refractivity contribution in [2.75, 3.05) is 32.9 Å². The van der Waals surface area contributed by atoms with Gasteiger partial charge in [0.15, 0.2) is 11.5 Å². The quantitative estimate of drug-likeness (QED) is 0.466. The van der Waals surface area contributed by atoms with Crippen LogP contribution in [-0.4, -0.2) is 47.2 Å². The van der Waals surface area contributed by atoms with Gasteiger partial charge in [-0.25, -0.2) is 13.1 Å². The second-order valence-corrected chi connectivity index (χ2v) is 9.25. The maximum atomic E-state index is 12.6. The van der Waals surface area contributed by atoms with Gasteiger partial charge in [-0.15, -0.1) is 0 Å². The van der Waals surface area contributed by atoms with Gasteiger partial charge in [-0.3, -0.25) is 4.79 Å². The van der Waals surface area contributed by atoms with Gasteiger partial charge in [0.25, 0.3) is 0 Å². The normalized spacial score (nSPS) is 13.3. The summed E-state index contributed by atoms with van der Waals surface area (Å²) in [5, 5.41) is 4.83. The van der Waals surface area contributed by atoms with E-state index in [0.29, 0.717) is 37.9 Å². The molecule has 0 aliphatic carbocycles. The number of benzene rings is 3.